The van der Waals surface area contributed by atoms with Crippen molar-refractivity contribution in [1.82, 2.24) is 0 Å². The zero-order valence-corrected chi connectivity index (χ0v) is 19.4. The second kappa shape index (κ2) is 9.70. The molecule has 0 saturated heterocycles. The molecule has 1 N–H and O–H groups in total. The topological polar surface area (TPSA) is 81.7 Å². The molecule has 1 amide bonds. The van der Waals surface area contributed by atoms with Crippen molar-refractivity contribution in [3.05, 3.63) is 65.0 Å². The standard InChI is InChI=1S/C25H29FN2O5/c1-17-13-19(26)14-20(23(30)32-4)22(17)27-24(31)25(11-8-12-25)28(2,3)15-21(29)33-16-18-9-6-5-7-10-18/h5-7,9-10,13-14H,8,11-12,15-16H2,1-4H3/p+1. The predicted molar refractivity (Wildman–Crippen MR) is 121 cm³/mol. The molecular formula is C25H30FN2O5+. The van der Waals surface area contributed by atoms with Crippen LogP contribution >= 0.6 is 0 Å². The minimum atomic E-state index is -0.875. The van der Waals surface area contributed by atoms with Crippen LogP contribution in [0, 0.1) is 12.7 Å². The van der Waals surface area contributed by atoms with E-state index < -0.39 is 23.3 Å². The van der Waals surface area contributed by atoms with Gasteiger partial charge in [-0.15, -0.1) is 0 Å². The number of hydrogen-bond donors (Lipinski definition) is 1. The van der Waals surface area contributed by atoms with E-state index in [4.69, 9.17) is 9.47 Å². The summed E-state index contributed by atoms with van der Waals surface area (Å²) in [5.41, 5.74) is 0.580. The largest absolute Gasteiger partial charge is 0.465 e. The monoisotopic (exact) mass is 457 g/mol. The van der Waals surface area contributed by atoms with Crippen LogP contribution < -0.4 is 5.32 Å². The number of methoxy groups -OCH3 is 1. The Bertz CT molecular complexity index is 1050. The summed E-state index contributed by atoms with van der Waals surface area (Å²) in [5.74, 6) is -2.07. The quantitative estimate of drug-likeness (QED) is 0.484. The number of esters is 2. The molecule has 8 heteroatoms. The molecule has 0 unspecified atom stereocenters. The van der Waals surface area contributed by atoms with Gasteiger partial charge in [-0.25, -0.2) is 14.0 Å². The van der Waals surface area contributed by atoms with E-state index in [2.05, 4.69) is 5.32 Å². The smallest absolute Gasteiger partial charge is 0.362 e. The van der Waals surface area contributed by atoms with E-state index in [1.54, 1.807) is 6.92 Å². The molecule has 2 aromatic carbocycles. The maximum atomic E-state index is 13.9. The highest BCUT2D eigenvalue weighted by Gasteiger charge is 2.57. The second-order valence-corrected chi connectivity index (χ2v) is 8.97. The van der Waals surface area contributed by atoms with Gasteiger partial charge >= 0.3 is 11.9 Å². The fourth-order valence-corrected chi connectivity index (χ4v) is 4.29. The molecule has 0 aromatic heterocycles. The van der Waals surface area contributed by atoms with Crippen molar-refractivity contribution in [3.63, 3.8) is 0 Å². The lowest BCUT2D eigenvalue weighted by atomic mass is 9.73. The third-order valence-corrected chi connectivity index (χ3v) is 6.47. The minimum absolute atomic E-state index is 0.00646. The highest BCUT2D eigenvalue weighted by molar-refractivity contribution is 6.05. The summed E-state index contributed by atoms with van der Waals surface area (Å²) in [5, 5.41) is 2.83. The lowest BCUT2D eigenvalue weighted by Gasteiger charge is -2.51. The van der Waals surface area contributed by atoms with E-state index in [1.807, 2.05) is 44.4 Å². The van der Waals surface area contributed by atoms with Gasteiger partial charge in [0, 0.05) is 12.8 Å². The number of likely N-dealkylation sites (N-methyl/N-ethyl adjacent to an activating group) is 1. The van der Waals surface area contributed by atoms with E-state index in [0.717, 1.165) is 18.1 Å². The van der Waals surface area contributed by atoms with Crippen molar-refractivity contribution >= 4 is 23.5 Å². The molecular weight excluding hydrogens is 427 g/mol. The molecule has 3 rings (SSSR count). The molecule has 2 aromatic rings. The van der Waals surface area contributed by atoms with Crippen LogP contribution in [-0.4, -0.2) is 55.6 Å². The average molecular weight is 458 g/mol. The first kappa shape index (κ1) is 24.4. The minimum Gasteiger partial charge on any atom is -0.465 e. The maximum absolute atomic E-state index is 13.9. The number of ether oxygens (including phenoxy) is 2. The number of benzene rings is 2. The molecule has 1 aliphatic carbocycles. The Morgan fingerprint density at radius 3 is 2.36 bits per heavy atom. The van der Waals surface area contributed by atoms with Gasteiger partial charge in [0.15, 0.2) is 12.1 Å². The van der Waals surface area contributed by atoms with Crippen molar-refractivity contribution < 1.29 is 32.7 Å². The van der Waals surface area contributed by atoms with Gasteiger partial charge in [-0.05, 0) is 36.6 Å². The number of carbonyl (C=O) groups is 3. The number of hydrogen-bond acceptors (Lipinski definition) is 5. The highest BCUT2D eigenvalue weighted by Crippen LogP contribution is 2.42. The van der Waals surface area contributed by atoms with Gasteiger partial charge in [0.2, 0.25) is 0 Å². The Kier molecular flexibility index (Phi) is 7.17. The van der Waals surface area contributed by atoms with E-state index in [0.29, 0.717) is 18.4 Å². The summed E-state index contributed by atoms with van der Waals surface area (Å²) in [6, 6.07) is 11.7. The molecule has 1 saturated carbocycles. The third-order valence-electron chi connectivity index (χ3n) is 6.47. The Hall–Kier alpha value is -3.26. The Morgan fingerprint density at radius 1 is 1.12 bits per heavy atom. The zero-order valence-electron chi connectivity index (χ0n) is 19.4. The second-order valence-electron chi connectivity index (χ2n) is 8.97. The third kappa shape index (κ3) is 5.06. The van der Waals surface area contributed by atoms with Gasteiger partial charge < -0.3 is 19.3 Å². The number of nitrogens with zero attached hydrogens (tertiary/aromatic N) is 1. The highest BCUT2D eigenvalue weighted by atomic mass is 19.1. The van der Waals surface area contributed by atoms with Crippen LogP contribution in [0.25, 0.3) is 0 Å². The molecule has 1 aliphatic rings. The number of carbonyl (C=O) groups excluding carboxylic acids is 3. The van der Waals surface area contributed by atoms with Crippen LogP contribution in [0.1, 0.15) is 40.7 Å². The van der Waals surface area contributed by atoms with E-state index in [9.17, 15) is 18.8 Å². The van der Waals surface area contributed by atoms with Crippen LogP contribution in [0.4, 0.5) is 10.1 Å². The number of amides is 1. The molecule has 33 heavy (non-hydrogen) atoms. The van der Waals surface area contributed by atoms with Gasteiger partial charge in [0.05, 0.1) is 32.5 Å². The fraction of sp³-hybridized carbons (Fsp3) is 0.400. The van der Waals surface area contributed by atoms with Gasteiger partial charge in [0.1, 0.15) is 12.4 Å². The van der Waals surface area contributed by atoms with E-state index >= 15 is 0 Å². The molecule has 7 nitrogen and oxygen atoms in total. The summed E-state index contributed by atoms with van der Waals surface area (Å²) < 4.78 is 24.2. The number of halogens is 1. The maximum Gasteiger partial charge on any atom is 0.362 e. The molecule has 0 radical (unpaired) electrons. The lowest BCUT2D eigenvalue weighted by molar-refractivity contribution is -0.931. The van der Waals surface area contributed by atoms with E-state index in [-0.39, 0.29) is 34.8 Å². The number of quaternary nitrogens is 1. The molecule has 0 atom stereocenters. The van der Waals surface area contributed by atoms with Gasteiger partial charge in [-0.1, -0.05) is 30.3 Å². The van der Waals surface area contributed by atoms with E-state index in [1.165, 1.54) is 13.2 Å². The average Bonchev–Trinajstić information content (AvgIpc) is 2.72. The van der Waals surface area contributed by atoms with Crippen LogP contribution in [0.3, 0.4) is 0 Å². The fourth-order valence-electron chi connectivity index (χ4n) is 4.29. The summed E-state index contributed by atoms with van der Waals surface area (Å²) in [7, 11) is 4.84. The summed E-state index contributed by atoms with van der Waals surface area (Å²) in [4.78, 5) is 38.3. The molecule has 0 bridgehead atoms. The molecule has 0 heterocycles. The number of aryl methyl sites for hydroxylation is 1. The van der Waals surface area contributed by atoms with Crippen LogP contribution in [0.15, 0.2) is 42.5 Å². The van der Waals surface area contributed by atoms with Crippen molar-refractivity contribution in [2.24, 2.45) is 0 Å². The molecule has 0 aliphatic heterocycles. The number of rotatable bonds is 8. The zero-order chi connectivity index (χ0) is 24.2. The Morgan fingerprint density at radius 2 is 1.79 bits per heavy atom. The summed E-state index contributed by atoms with van der Waals surface area (Å²) in [6.45, 7) is 1.78. The van der Waals surface area contributed by atoms with Crippen molar-refractivity contribution in [1.29, 1.82) is 0 Å². The van der Waals surface area contributed by atoms with Gasteiger partial charge in [0.25, 0.3) is 5.91 Å². The predicted octanol–water partition coefficient (Wildman–Crippen LogP) is 3.60. The number of nitrogens with one attached hydrogen (secondary N) is 1. The van der Waals surface area contributed by atoms with Gasteiger partial charge in [-0.3, -0.25) is 4.79 Å². The van der Waals surface area contributed by atoms with Crippen molar-refractivity contribution in [2.45, 2.75) is 38.3 Å². The van der Waals surface area contributed by atoms with Gasteiger partial charge in [-0.2, -0.15) is 0 Å². The first-order chi connectivity index (χ1) is 15.6. The SMILES string of the molecule is COC(=O)c1cc(F)cc(C)c1NC(=O)C1([N+](C)(C)CC(=O)OCc2ccccc2)CCC1. The van der Waals surface area contributed by atoms with Crippen molar-refractivity contribution in [2.75, 3.05) is 33.1 Å². The Labute approximate surface area is 193 Å². The summed E-state index contributed by atoms with van der Waals surface area (Å²) in [6.07, 6.45) is 1.98. The Balaban J connectivity index is 1.77. The molecule has 1 fully saturated rings. The first-order valence-corrected chi connectivity index (χ1v) is 10.8. The first-order valence-electron chi connectivity index (χ1n) is 10.8. The van der Waals surface area contributed by atoms with Crippen LogP contribution in [0.5, 0.6) is 0 Å². The molecule has 0 spiro atoms. The van der Waals surface area contributed by atoms with Crippen LogP contribution in [0.2, 0.25) is 0 Å². The number of anilines is 1. The lowest BCUT2D eigenvalue weighted by Crippen LogP contribution is -2.70. The van der Waals surface area contributed by atoms with Crippen LogP contribution in [-0.2, 0) is 25.7 Å². The van der Waals surface area contributed by atoms with Crippen molar-refractivity contribution in [3.8, 4) is 0 Å². The summed E-state index contributed by atoms with van der Waals surface area (Å²) >= 11 is 0. The molecule has 176 valence electrons. The normalized spacial score (nSPS) is 14.7.